The number of Topliss-reactive ketones (excluding diaryl/α,β-unsaturated/α-hetero) is 1. The van der Waals surface area contributed by atoms with Gasteiger partial charge in [0.1, 0.15) is 0 Å². The highest BCUT2D eigenvalue weighted by Crippen LogP contribution is 2.26. The minimum absolute atomic E-state index is 0.00578. The summed E-state index contributed by atoms with van der Waals surface area (Å²) in [6, 6.07) is 13.6. The van der Waals surface area contributed by atoms with Crippen LogP contribution in [0.2, 0.25) is 0 Å². The summed E-state index contributed by atoms with van der Waals surface area (Å²) in [6.45, 7) is 4.05. The standard InChI is InChI=1S/C21H25N3O3S2/c1-15-5-3-4-14-24(15)29(26,27)20-12-10-19(11-13-20)23-21(28)22-18-8-6-17(7-9-18)16(2)25/h6-13,15H,3-5,14H2,1-2H3,(H2,22,23,28)/t15-/m0/s1. The van der Waals surface area contributed by atoms with E-state index < -0.39 is 10.0 Å². The molecule has 2 aromatic carbocycles. The van der Waals surface area contributed by atoms with Crippen molar-refractivity contribution >= 4 is 44.5 Å². The zero-order valence-electron chi connectivity index (χ0n) is 16.5. The van der Waals surface area contributed by atoms with Crippen LogP contribution in [0.25, 0.3) is 0 Å². The van der Waals surface area contributed by atoms with E-state index >= 15 is 0 Å². The van der Waals surface area contributed by atoms with Gasteiger partial charge in [0, 0.05) is 29.5 Å². The first-order valence-corrected chi connectivity index (χ1v) is 11.4. The first kappa shape index (κ1) is 21.4. The number of carbonyl (C=O) groups is 1. The van der Waals surface area contributed by atoms with Gasteiger partial charge in [0.25, 0.3) is 0 Å². The number of hydrogen-bond acceptors (Lipinski definition) is 4. The van der Waals surface area contributed by atoms with E-state index in [1.807, 2.05) is 6.92 Å². The molecule has 6 nitrogen and oxygen atoms in total. The van der Waals surface area contributed by atoms with Gasteiger partial charge in [-0.1, -0.05) is 6.42 Å². The predicted octanol–water partition coefficient (Wildman–Crippen LogP) is 4.26. The van der Waals surface area contributed by atoms with Crippen molar-refractivity contribution in [3.05, 3.63) is 54.1 Å². The lowest BCUT2D eigenvalue weighted by Crippen LogP contribution is -2.41. The minimum Gasteiger partial charge on any atom is -0.332 e. The summed E-state index contributed by atoms with van der Waals surface area (Å²) in [4.78, 5) is 11.6. The Bertz CT molecular complexity index is 987. The molecular formula is C21H25N3O3S2. The fourth-order valence-electron chi connectivity index (χ4n) is 3.36. The molecule has 0 unspecified atom stereocenters. The van der Waals surface area contributed by atoms with Crippen molar-refractivity contribution in [2.24, 2.45) is 0 Å². The van der Waals surface area contributed by atoms with Crippen molar-refractivity contribution in [3.8, 4) is 0 Å². The number of benzene rings is 2. The van der Waals surface area contributed by atoms with Gasteiger partial charge >= 0.3 is 0 Å². The van der Waals surface area contributed by atoms with E-state index in [9.17, 15) is 13.2 Å². The molecule has 0 spiro atoms. The van der Waals surface area contributed by atoms with Crippen LogP contribution in [-0.4, -0.2) is 36.2 Å². The molecule has 0 aliphatic carbocycles. The Labute approximate surface area is 177 Å². The number of sulfonamides is 1. The molecule has 2 N–H and O–H groups in total. The molecular weight excluding hydrogens is 406 g/mol. The Morgan fingerprint density at radius 3 is 2.07 bits per heavy atom. The van der Waals surface area contributed by atoms with E-state index in [2.05, 4.69) is 10.6 Å². The average molecular weight is 432 g/mol. The lowest BCUT2D eigenvalue weighted by molar-refractivity contribution is 0.101. The summed E-state index contributed by atoms with van der Waals surface area (Å²) < 4.78 is 27.4. The van der Waals surface area contributed by atoms with Gasteiger partial charge in [-0.3, -0.25) is 4.79 Å². The number of nitrogens with one attached hydrogen (secondary N) is 2. The van der Waals surface area contributed by atoms with Crippen LogP contribution in [0.3, 0.4) is 0 Å². The van der Waals surface area contributed by atoms with Gasteiger partial charge in [0.05, 0.1) is 4.90 Å². The van der Waals surface area contributed by atoms with Gasteiger partial charge in [-0.05, 0) is 87.4 Å². The van der Waals surface area contributed by atoms with Crippen molar-refractivity contribution in [1.82, 2.24) is 4.31 Å². The van der Waals surface area contributed by atoms with Gasteiger partial charge in [0.15, 0.2) is 10.9 Å². The van der Waals surface area contributed by atoms with E-state index in [1.54, 1.807) is 52.8 Å². The van der Waals surface area contributed by atoms with E-state index in [4.69, 9.17) is 12.2 Å². The van der Waals surface area contributed by atoms with Crippen LogP contribution in [0.5, 0.6) is 0 Å². The van der Waals surface area contributed by atoms with Gasteiger partial charge in [-0.15, -0.1) is 0 Å². The number of ketones is 1. The second kappa shape index (κ2) is 9.02. The highest BCUT2D eigenvalue weighted by atomic mass is 32.2. The molecule has 0 saturated carbocycles. The third-order valence-electron chi connectivity index (χ3n) is 5.01. The van der Waals surface area contributed by atoms with Crippen LogP contribution in [0, 0.1) is 0 Å². The molecule has 2 aromatic rings. The molecule has 1 fully saturated rings. The van der Waals surface area contributed by atoms with Crippen LogP contribution < -0.4 is 10.6 Å². The van der Waals surface area contributed by atoms with Crippen LogP contribution in [-0.2, 0) is 10.0 Å². The van der Waals surface area contributed by atoms with Gasteiger partial charge in [-0.25, -0.2) is 8.42 Å². The maximum atomic E-state index is 12.9. The predicted molar refractivity (Wildman–Crippen MR) is 120 cm³/mol. The molecule has 0 radical (unpaired) electrons. The number of piperidine rings is 1. The SMILES string of the molecule is CC(=O)c1ccc(NC(=S)Nc2ccc(S(=O)(=O)N3CCCC[C@@H]3C)cc2)cc1. The molecule has 1 heterocycles. The molecule has 3 rings (SSSR count). The molecule has 0 amide bonds. The van der Waals surface area contributed by atoms with E-state index in [0.29, 0.717) is 22.9 Å². The molecule has 8 heteroatoms. The zero-order chi connectivity index (χ0) is 21.0. The first-order chi connectivity index (χ1) is 13.8. The van der Waals surface area contributed by atoms with E-state index in [0.717, 1.165) is 24.9 Å². The Balaban J connectivity index is 1.64. The summed E-state index contributed by atoms with van der Waals surface area (Å²) >= 11 is 5.31. The number of nitrogens with zero attached hydrogens (tertiary/aromatic N) is 1. The zero-order valence-corrected chi connectivity index (χ0v) is 18.1. The molecule has 0 bridgehead atoms. The molecule has 29 heavy (non-hydrogen) atoms. The third kappa shape index (κ3) is 5.20. The first-order valence-electron chi connectivity index (χ1n) is 9.58. The largest absolute Gasteiger partial charge is 0.332 e. The number of thiocarbonyl (C=S) groups is 1. The Morgan fingerprint density at radius 2 is 1.55 bits per heavy atom. The van der Waals surface area contributed by atoms with E-state index in [1.165, 1.54) is 6.92 Å². The quantitative estimate of drug-likeness (QED) is 0.544. The van der Waals surface area contributed by atoms with Crippen LogP contribution in [0.1, 0.15) is 43.5 Å². The summed E-state index contributed by atoms with van der Waals surface area (Å²) in [5.41, 5.74) is 2.08. The molecule has 1 aliphatic heterocycles. The van der Waals surface area contributed by atoms with Crippen LogP contribution in [0.15, 0.2) is 53.4 Å². The minimum atomic E-state index is -3.49. The average Bonchev–Trinajstić information content (AvgIpc) is 2.69. The fraction of sp³-hybridized carbons (Fsp3) is 0.333. The summed E-state index contributed by atoms with van der Waals surface area (Å²) in [5.74, 6) is 0.00578. The normalized spacial score (nSPS) is 17.5. The smallest absolute Gasteiger partial charge is 0.243 e. The maximum absolute atomic E-state index is 12.9. The second-order valence-corrected chi connectivity index (χ2v) is 9.50. The number of rotatable bonds is 5. The molecule has 1 saturated heterocycles. The monoisotopic (exact) mass is 431 g/mol. The molecule has 0 aromatic heterocycles. The lowest BCUT2D eigenvalue weighted by Gasteiger charge is -2.32. The summed E-state index contributed by atoms with van der Waals surface area (Å²) in [5, 5.41) is 6.46. The van der Waals surface area contributed by atoms with Crippen LogP contribution in [0.4, 0.5) is 11.4 Å². The lowest BCUT2D eigenvalue weighted by atomic mass is 10.1. The Kier molecular flexibility index (Phi) is 6.66. The number of carbonyl (C=O) groups excluding carboxylic acids is 1. The van der Waals surface area contributed by atoms with Gasteiger partial charge in [-0.2, -0.15) is 4.31 Å². The number of hydrogen-bond donors (Lipinski definition) is 2. The number of anilines is 2. The van der Waals surface area contributed by atoms with Crippen molar-refractivity contribution in [3.63, 3.8) is 0 Å². The van der Waals surface area contributed by atoms with E-state index in [-0.39, 0.29) is 16.7 Å². The maximum Gasteiger partial charge on any atom is 0.243 e. The molecule has 1 atom stereocenters. The Hall–Kier alpha value is -2.29. The Morgan fingerprint density at radius 1 is 1.00 bits per heavy atom. The highest BCUT2D eigenvalue weighted by Gasteiger charge is 2.30. The van der Waals surface area contributed by atoms with Gasteiger partial charge < -0.3 is 10.6 Å². The van der Waals surface area contributed by atoms with Gasteiger partial charge in [0.2, 0.25) is 10.0 Å². The highest BCUT2D eigenvalue weighted by molar-refractivity contribution is 7.89. The van der Waals surface area contributed by atoms with Crippen molar-refractivity contribution in [2.45, 2.75) is 44.0 Å². The molecule has 1 aliphatic rings. The summed E-state index contributed by atoms with van der Waals surface area (Å²) in [6.07, 6.45) is 2.86. The molecule has 154 valence electrons. The fourth-order valence-corrected chi connectivity index (χ4v) is 5.29. The topological polar surface area (TPSA) is 78.5 Å². The van der Waals surface area contributed by atoms with Crippen molar-refractivity contribution in [1.29, 1.82) is 0 Å². The van der Waals surface area contributed by atoms with Crippen molar-refractivity contribution < 1.29 is 13.2 Å². The third-order valence-corrected chi connectivity index (χ3v) is 7.24. The second-order valence-electron chi connectivity index (χ2n) is 7.20. The van der Waals surface area contributed by atoms with Crippen molar-refractivity contribution in [2.75, 3.05) is 17.2 Å². The summed E-state index contributed by atoms with van der Waals surface area (Å²) in [7, 11) is -3.49. The van der Waals surface area contributed by atoms with Crippen LogP contribution >= 0.6 is 12.2 Å².